The highest BCUT2D eigenvalue weighted by Gasteiger charge is 2.51. The van der Waals surface area contributed by atoms with Crippen molar-refractivity contribution in [3.05, 3.63) is 29.8 Å². The molecule has 1 saturated heterocycles. The zero-order valence-corrected chi connectivity index (χ0v) is 21.9. The highest BCUT2D eigenvalue weighted by molar-refractivity contribution is 6.68. The SMILES string of the molecule is COc1ccc(C2NC(C(Cl)(Cl)Cl)NC(C(Cl)(Cl)Cl)N2C2CCCCCCCC2)cc1. The Kier molecular flexibility index (Phi) is 9.63. The molecule has 3 rings (SSSR count). The fraction of sp³-hybridized carbons (Fsp3) is 0.714. The Morgan fingerprint density at radius 2 is 1.35 bits per heavy atom. The van der Waals surface area contributed by atoms with Gasteiger partial charge in [-0.1, -0.05) is 120 Å². The number of nitrogens with one attached hydrogen (secondary N) is 2. The van der Waals surface area contributed by atoms with Crippen molar-refractivity contribution in [2.45, 2.75) is 83.5 Å². The van der Waals surface area contributed by atoms with Crippen molar-refractivity contribution >= 4 is 69.6 Å². The molecule has 1 aromatic carbocycles. The minimum atomic E-state index is -1.64. The maximum atomic E-state index is 6.50. The normalized spacial score (nSPS) is 27.9. The Bertz CT molecular complexity index is 684. The van der Waals surface area contributed by atoms with Gasteiger partial charge >= 0.3 is 0 Å². The summed E-state index contributed by atoms with van der Waals surface area (Å²) in [6.45, 7) is 0. The van der Waals surface area contributed by atoms with Crippen LogP contribution >= 0.6 is 69.6 Å². The first-order valence-corrected chi connectivity index (χ1v) is 12.9. The molecule has 0 radical (unpaired) electrons. The van der Waals surface area contributed by atoms with E-state index >= 15 is 0 Å². The van der Waals surface area contributed by atoms with Crippen LogP contribution in [0.1, 0.15) is 63.1 Å². The maximum Gasteiger partial charge on any atom is 0.218 e. The summed E-state index contributed by atoms with van der Waals surface area (Å²) in [5.74, 6) is 0.766. The van der Waals surface area contributed by atoms with Gasteiger partial charge in [-0.15, -0.1) is 0 Å². The number of methoxy groups -OCH3 is 1. The zero-order valence-electron chi connectivity index (χ0n) is 17.4. The van der Waals surface area contributed by atoms with Gasteiger partial charge in [-0.25, -0.2) is 0 Å². The van der Waals surface area contributed by atoms with Gasteiger partial charge in [0.05, 0.1) is 13.3 Å². The summed E-state index contributed by atoms with van der Waals surface area (Å²) in [7, 11) is 1.64. The molecule has 2 N–H and O–H groups in total. The van der Waals surface area contributed by atoms with Crippen molar-refractivity contribution in [1.29, 1.82) is 0 Å². The molecule has 1 aliphatic carbocycles. The highest BCUT2D eigenvalue weighted by Crippen LogP contribution is 2.43. The predicted molar refractivity (Wildman–Crippen MR) is 133 cm³/mol. The number of hydrogen-bond acceptors (Lipinski definition) is 4. The molecule has 1 aliphatic heterocycles. The van der Waals surface area contributed by atoms with Crippen LogP contribution < -0.4 is 15.4 Å². The third-order valence-electron chi connectivity index (χ3n) is 6.06. The smallest absolute Gasteiger partial charge is 0.218 e. The van der Waals surface area contributed by atoms with Crippen LogP contribution in [0.15, 0.2) is 24.3 Å². The van der Waals surface area contributed by atoms with E-state index in [0.29, 0.717) is 0 Å². The molecule has 2 fully saturated rings. The maximum absolute atomic E-state index is 6.50. The van der Waals surface area contributed by atoms with E-state index < -0.39 is 19.9 Å². The first-order valence-electron chi connectivity index (χ1n) is 10.7. The highest BCUT2D eigenvalue weighted by atomic mass is 35.6. The van der Waals surface area contributed by atoms with Gasteiger partial charge in [-0.05, 0) is 30.5 Å². The molecule has 4 nitrogen and oxygen atoms in total. The molecule has 1 saturated carbocycles. The molecule has 0 amide bonds. The van der Waals surface area contributed by atoms with Gasteiger partial charge in [0.1, 0.15) is 18.1 Å². The summed E-state index contributed by atoms with van der Waals surface area (Å²) in [6, 6.07) is 8.02. The van der Waals surface area contributed by atoms with E-state index in [9.17, 15) is 0 Å². The molecule has 2 aliphatic rings. The fourth-order valence-electron chi connectivity index (χ4n) is 4.52. The number of rotatable bonds is 3. The number of alkyl halides is 6. The minimum absolute atomic E-state index is 0.210. The lowest BCUT2D eigenvalue weighted by Gasteiger charge is -2.53. The molecule has 0 aromatic heterocycles. The monoisotopic (exact) mass is 549 g/mol. The van der Waals surface area contributed by atoms with Crippen LogP contribution in [0.2, 0.25) is 0 Å². The van der Waals surface area contributed by atoms with Gasteiger partial charge in [-0.2, -0.15) is 0 Å². The van der Waals surface area contributed by atoms with Gasteiger partial charge in [0.15, 0.2) is 0 Å². The lowest BCUT2D eigenvalue weighted by molar-refractivity contribution is -0.0205. The van der Waals surface area contributed by atoms with Crippen molar-refractivity contribution in [3.63, 3.8) is 0 Å². The Morgan fingerprint density at radius 3 is 1.84 bits per heavy atom. The summed E-state index contributed by atoms with van der Waals surface area (Å²) in [5.41, 5.74) is 0.987. The molecule has 0 bridgehead atoms. The van der Waals surface area contributed by atoms with Crippen LogP contribution in [0.5, 0.6) is 5.75 Å². The van der Waals surface area contributed by atoms with E-state index in [4.69, 9.17) is 74.3 Å². The summed E-state index contributed by atoms with van der Waals surface area (Å²) in [6.07, 6.45) is 7.63. The van der Waals surface area contributed by atoms with Crippen LogP contribution in [0.3, 0.4) is 0 Å². The second kappa shape index (κ2) is 11.4. The van der Waals surface area contributed by atoms with Crippen LogP contribution in [0.25, 0.3) is 0 Å². The number of halogens is 6. The second-order valence-corrected chi connectivity index (χ2v) is 13.0. The van der Waals surface area contributed by atoms with Crippen LogP contribution in [0, 0.1) is 0 Å². The standard InChI is InChI=1S/C21H29Cl6N3O/c1-31-16-12-10-14(11-13-16)17-28-18(20(22,23)24)29-19(21(25,26)27)30(17)15-8-6-4-2-3-5-7-9-15/h10-13,15,17-19,28-29H,2-9H2,1H3. The van der Waals surface area contributed by atoms with E-state index in [1.165, 1.54) is 25.7 Å². The first kappa shape index (κ1) is 26.2. The van der Waals surface area contributed by atoms with E-state index in [-0.39, 0.29) is 12.2 Å². The fourth-order valence-corrected chi connectivity index (χ4v) is 5.43. The summed E-state index contributed by atoms with van der Waals surface area (Å²) in [4.78, 5) is 2.23. The van der Waals surface area contributed by atoms with Crippen molar-refractivity contribution < 1.29 is 4.74 Å². The van der Waals surface area contributed by atoms with Crippen LogP contribution in [-0.2, 0) is 0 Å². The Balaban J connectivity index is 2.02. The van der Waals surface area contributed by atoms with Crippen molar-refractivity contribution in [2.75, 3.05) is 7.11 Å². The molecule has 176 valence electrons. The lowest BCUT2D eigenvalue weighted by atomic mass is 9.98. The first-order chi connectivity index (χ1) is 14.6. The molecular formula is C21H29Cl6N3O. The summed E-state index contributed by atoms with van der Waals surface area (Å²) >= 11 is 38.3. The quantitative estimate of drug-likeness (QED) is 0.393. The molecular weight excluding hydrogens is 523 g/mol. The summed E-state index contributed by atoms with van der Waals surface area (Å²) in [5, 5.41) is 6.70. The van der Waals surface area contributed by atoms with Gasteiger partial charge in [-0.3, -0.25) is 15.5 Å². The summed E-state index contributed by atoms with van der Waals surface area (Å²) < 4.78 is 2.06. The Labute approximate surface area is 215 Å². The molecule has 31 heavy (non-hydrogen) atoms. The second-order valence-electron chi connectivity index (χ2n) is 8.23. The molecule has 3 atom stereocenters. The largest absolute Gasteiger partial charge is 0.497 e. The average Bonchev–Trinajstić information content (AvgIpc) is 2.85. The van der Waals surface area contributed by atoms with Crippen molar-refractivity contribution in [2.24, 2.45) is 0 Å². The predicted octanol–water partition coefficient (Wildman–Crippen LogP) is 7.08. The third kappa shape index (κ3) is 7.07. The Morgan fingerprint density at radius 1 is 0.806 bits per heavy atom. The van der Waals surface area contributed by atoms with Gasteiger partial charge in [0.2, 0.25) is 7.59 Å². The average molecular weight is 552 g/mol. The lowest BCUT2D eigenvalue weighted by Crippen LogP contribution is -2.72. The van der Waals surface area contributed by atoms with Gasteiger partial charge < -0.3 is 4.74 Å². The van der Waals surface area contributed by atoms with E-state index in [1.54, 1.807) is 7.11 Å². The van der Waals surface area contributed by atoms with E-state index in [0.717, 1.165) is 37.0 Å². The van der Waals surface area contributed by atoms with E-state index in [2.05, 4.69) is 15.5 Å². The number of nitrogens with zero attached hydrogens (tertiary/aromatic N) is 1. The van der Waals surface area contributed by atoms with Crippen LogP contribution in [-0.4, -0.2) is 38.0 Å². The van der Waals surface area contributed by atoms with Crippen molar-refractivity contribution in [1.82, 2.24) is 15.5 Å². The molecule has 3 unspecified atom stereocenters. The number of benzene rings is 1. The molecule has 1 aromatic rings. The number of hydrogen-bond donors (Lipinski definition) is 2. The van der Waals surface area contributed by atoms with E-state index in [1.807, 2.05) is 24.3 Å². The molecule has 1 heterocycles. The topological polar surface area (TPSA) is 36.5 Å². The van der Waals surface area contributed by atoms with Gasteiger partial charge in [0, 0.05) is 6.04 Å². The van der Waals surface area contributed by atoms with Gasteiger partial charge in [0.25, 0.3) is 0 Å². The minimum Gasteiger partial charge on any atom is -0.497 e. The molecule has 0 spiro atoms. The van der Waals surface area contributed by atoms with Crippen molar-refractivity contribution in [3.8, 4) is 5.75 Å². The van der Waals surface area contributed by atoms with Crippen LogP contribution in [0.4, 0.5) is 0 Å². The zero-order chi connectivity index (χ0) is 22.6. The number of ether oxygens (including phenoxy) is 1. The Hall–Kier alpha value is 0.640. The third-order valence-corrected chi connectivity index (χ3v) is 7.34. The molecule has 10 heteroatoms.